The van der Waals surface area contributed by atoms with E-state index in [4.69, 9.17) is 0 Å². The van der Waals surface area contributed by atoms with Gasteiger partial charge in [0.1, 0.15) is 12.2 Å². The van der Waals surface area contributed by atoms with Gasteiger partial charge in [0, 0.05) is 18.8 Å². The number of nitrogens with one attached hydrogen (secondary N) is 1. The molecule has 3 atom stereocenters. The Labute approximate surface area is 156 Å². The van der Waals surface area contributed by atoms with Crippen molar-refractivity contribution in [2.45, 2.75) is 44.8 Å². The normalized spacial score (nSPS) is 20.2. The van der Waals surface area contributed by atoms with E-state index in [1.807, 2.05) is 6.92 Å². The molecule has 27 heavy (non-hydrogen) atoms. The maximum atomic E-state index is 14.0. The fourth-order valence-electron chi connectivity index (χ4n) is 3.10. The van der Waals surface area contributed by atoms with Crippen LogP contribution in [0.15, 0.2) is 18.6 Å². The third-order valence-corrected chi connectivity index (χ3v) is 4.43. The number of aromatic nitrogens is 2. The number of hydroxylamine groups is 2. The smallest absolute Gasteiger partial charge is 0.248 e. The number of halogens is 1. The largest absolute Gasteiger partial charge is 0.327 e. The lowest BCUT2D eigenvalue weighted by atomic mass is 9.99. The molecule has 3 amide bonds. The van der Waals surface area contributed by atoms with E-state index < -0.39 is 29.9 Å². The van der Waals surface area contributed by atoms with E-state index >= 15 is 0 Å². The number of carbonyl (C=O) groups is 3. The molecule has 1 saturated heterocycles. The Morgan fingerprint density at radius 1 is 1.52 bits per heavy atom. The lowest BCUT2D eigenvalue weighted by Gasteiger charge is -2.28. The summed E-state index contributed by atoms with van der Waals surface area (Å²) in [5.41, 5.74) is 0. The van der Waals surface area contributed by atoms with Gasteiger partial charge in [0.2, 0.25) is 18.2 Å². The van der Waals surface area contributed by atoms with Crippen LogP contribution in [-0.2, 0) is 14.4 Å². The Morgan fingerprint density at radius 3 is 2.93 bits per heavy atom. The van der Waals surface area contributed by atoms with Crippen LogP contribution in [0.4, 0.5) is 10.2 Å². The van der Waals surface area contributed by atoms with E-state index in [2.05, 4.69) is 15.3 Å². The Balaban J connectivity index is 2.12. The van der Waals surface area contributed by atoms with E-state index in [1.165, 1.54) is 23.5 Å². The molecule has 2 unspecified atom stereocenters. The van der Waals surface area contributed by atoms with Crippen LogP contribution in [0.25, 0.3) is 0 Å². The van der Waals surface area contributed by atoms with Gasteiger partial charge >= 0.3 is 0 Å². The van der Waals surface area contributed by atoms with Gasteiger partial charge in [-0.1, -0.05) is 19.8 Å². The van der Waals surface area contributed by atoms with Gasteiger partial charge in [0.25, 0.3) is 0 Å². The van der Waals surface area contributed by atoms with Crippen LogP contribution in [0, 0.1) is 5.92 Å². The summed E-state index contributed by atoms with van der Waals surface area (Å²) >= 11 is 0. The molecule has 1 aromatic heterocycles. The number of nitrogens with zero attached hydrogens (tertiary/aromatic N) is 4. The number of likely N-dealkylation sites (tertiary alicyclic amines) is 1. The molecule has 2 rings (SSSR count). The van der Waals surface area contributed by atoms with Crippen molar-refractivity contribution in [3.8, 4) is 0 Å². The standard InChI is InChI=1S/C17H24FN5O4/c1-2-3-4-12(9-22(27)11-24)17(26)23-10-13(18)7-14(23)16(25)21-15-8-19-5-6-20-15/h5-6,8,11-14,27H,2-4,7,9-10H2,1H3,(H,20,21,25)/t12?,13-,14?/m1/s1. The number of carbonyl (C=O) groups excluding carboxylic acids is 3. The number of amides is 3. The maximum absolute atomic E-state index is 14.0. The van der Waals surface area contributed by atoms with E-state index in [1.54, 1.807) is 0 Å². The fraction of sp³-hybridized carbons (Fsp3) is 0.588. The first-order valence-corrected chi connectivity index (χ1v) is 8.88. The van der Waals surface area contributed by atoms with Crippen LogP contribution in [0.5, 0.6) is 0 Å². The molecule has 2 heterocycles. The van der Waals surface area contributed by atoms with Crippen LogP contribution >= 0.6 is 0 Å². The first-order valence-electron chi connectivity index (χ1n) is 8.88. The van der Waals surface area contributed by atoms with Crippen molar-refractivity contribution in [2.75, 3.05) is 18.4 Å². The lowest BCUT2D eigenvalue weighted by Crippen LogP contribution is -2.47. The first-order chi connectivity index (χ1) is 13.0. The third-order valence-electron chi connectivity index (χ3n) is 4.43. The SMILES string of the molecule is CCCCC(CN(O)C=O)C(=O)N1C[C@H](F)CC1C(=O)Nc1cnccn1. The summed E-state index contributed by atoms with van der Waals surface area (Å²) in [6.45, 7) is 1.55. The third kappa shape index (κ3) is 5.68. The molecule has 1 aromatic rings. The molecule has 10 heteroatoms. The summed E-state index contributed by atoms with van der Waals surface area (Å²) in [4.78, 5) is 45.1. The molecule has 9 nitrogen and oxygen atoms in total. The number of rotatable bonds is 9. The fourth-order valence-corrected chi connectivity index (χ4v) is 3.10. The highest BCUT2D eigenvalue weighted by Crippen LogP contribution is 2.25. The van der Waals surface area contributed by atoms with Crippen LogP contribution < -0.4 is 5.32 Å². The topological polar surface area (TPSA) is 116 Å². The van der Waals surface area contributed by atoms with Gasteiger partial charge in [-0.15, -0.1) is 0 Å². The maximum Gasteiger partial charge on any atom is 0.248 e. The molecule has 0 radical (unpaired) electrons. The first kappa shape index (κ1) is 20.7. The predicted molar refractivity (Wildman–Crippen MR) is 93.2 cm³/mol. The Morgan fingerprint density at radius 2 is 2.30 bits per heavy atom. The van der Waals surface area contributed by atoms with Crippen LogP contribution in [-0.4, -0.2) is 68.7 Å². The van der Waals surface area contributed by atoms with Crippen molar-refractivity contribution >= 4 is 24.0 Å². The van der Waals surface area contributed by atoms with Gasteiger partial charge in [-0.25, -0.2) is 14.4 Å². The van der Waals surface area contributed by atoms with Crippen molar-refractivity contribution in [3.63, 3.8) is 0 Å². The molecule has 1 aliphatic rings. The second-order valence-corrected chi connectivity index (χ2v) is 6.49. The monoisotopic (exact) mass is 381 g/mol. The van der Waals surface area contributed by atoms with E-state index in [0.717, 1.165) is 6.42 Å². The van der Waals surface area contributed by atoms with E-state index in [9.17, 15) is 24.0 Å². The number of anilines is 1. The number of hydrogen-bond donors (Lipinski definition) is 2. The van der Waals surface area contributed by atoms with E-state index in [-0.39, 0.29) is 31.7 Å². The molecule has 0 aromatic carbocycles. The van der Waals surface area contributed by atoms with E-state index in [0.29, 0.717) is 17.9 Å². The zero-order valence-electron chi connectivity index (χ0n) is 15.1. The Bertz CT molecular complexity index is 647. The van der Waals surface area contributed by atoms with Crippen molar-refractivity contribution in [3.05, 3.63) is 18.6 Å². The quantitative estimate of drug-likeness (QED) is 0.375. The summed E-state index contributed by atoms with van der Waals surface area (Å²) in [5, 5.41) is 12.4. The van der Waals surface area contributed by atoms with Crippen LogP contribution in [0.3, 0.4) is 0 Å². The van der Waals surface area contributed by atoms with Gasteiger partial charge in [0.05, 0.1) is 25.2 Å². The molecule has 148 valence electrons. The van der Waals surface area contributed by atoms with Gasteiger partial charge in [-0.2, -0.15) is 0 Å². The molecule has 0 aliphatic carbocycles. The minimum atomic E-state index is -1.32. The van der Waals surface area contributed by atoms with Crippen LogP contribution in [0.1, 0.15) is 32.6 Å². The Kier molecular flexibility index (Phi) is 7.59. The second kappa shape index (κ2) is 9.91. The lowest BCUT2D eigenvalue weighted by molar-refractivity contribution is -0.157. The summed E-state index contributed by atoms with van der Waals surface area (Å²) in [6, 6.07) is -0.984. The molecule has 1 fully saturated rings. The van der Waals surface area contributed by atoms with Crippen molar-refractivity contribution in [2.24, 2.45) is 5.92 Å². The minimum absolute atomic E-state index is 0.116. The zero-order chi connectivity index (χ0) is 19.8. The summed E-state index contributed by atoms with van der Waals surface area (Å²) in [7, 11) is 0. The molecule has 0 saturated carbocycles. The van der Waals surface area contributed by atoms with Gasteiger partial charge < -0.3 is 10.2 Å². The average molecular weight is 381 g/mol. The highest BCUT2D eigenvalue weighted by Gasteiger charge is 2.42. The number of alkyl halides is 1. The molecule has 0 bridgehead atoms. The minimum Gasteiger partial charge on any atom is -0.327 e. The number of unbranched alkanes of at least 4 members (excludes halogenated alkanes) is 1. The summed E-state index contributed by atoms with van der Waals surface area (Å²) < 4.78 is 14.0. The highest BCUT2D eigenvalue weighted by molar-refractivity contribution is 5.97. The zero-order valence-corrected chi connectivity index (χ0v) is 15.1. The summed E-state index contributed by atoms with van der Waals surface area (Å²) in [6.07, 6.45) is 4.92. The molecule has 2 N–H and O–H groups in total. The molecular formula is C17H24FN5O4. The van der Waals surface area contributed by atoms with Crippen molar-refractivity contribution in [1.82, 2.24) is 19.9 Å². The number of hydrogen-bond acceptors (Lipinski definition) is 6. The van der Waals surface area contributed by atoms with Gasteiger partial charge in [-0.05, 0) is 6.42 Å². The predicted octanol–water partition coefficient (Wildman–Crippen LogP) is 1.01. The molecule has 1 aliphatic heterocycles. The highest BCUT2D eigenvalue weighted by atomic mass is 19.1. The average Bonchev–Trinajstić information content (AvgIpc) is 3.07. The molecular weight excluding hydrogens is 357 g/mol. The van der Waals surface area contributed by atoms with Crippen LogP contribution in [0.2, 0.25) is 0 Å². The Hall–Kier alpha value is -2.62. The van der Waals surface area contributed by atoms with Crippen molar-refractivity contribution in [1.29, 1.82) is 0 Å². The second-order valence-electron chi connectivity index (χ2n) is 6.49. The molecule has 0 spiro atoms. The van der Waals surface area contributed by atoms with Gasteiger partial charge in [-0.3, -0.25) is 24.6 Å². The summed E-state index contributed by atoms with van der Waals surface area (Å²) in [5.74, 6) is -1.50. The van der Waals surface area contributed by atoms with Gasteiger partial charge in [0.15, 0.2) is 5.82 Å². The van der Waals surface area contributed by atoms with Crippen molar-refractivity contribution < 1.29 is 24.0 Å².